The zero-order chi connectivity index (χ0) is 24.4. The maximum absolute atomic E-state index is 12.0. The summed E-state index contributed by atoms with van der Waals surface area (Å²) in [6.07, 6.45) is 27.7. The van der Waals surface area contributed by atoms with Gasteiger partial charge < -0.3 is 16.2 Å². The summed E-state index contributed by atoms with van der Waals surface area (Å²) in [6.45, 7) is 2.83. The van der Waals surface area contributed by atoms with E-state index < -0.39 is 12.0 Å². The first-order chi connectivity index (χ1) is 16.1. The molecule has 1 atom stereocenters. The number of carbonyl (C=O) groups is 2. The van der Waals surface area contributed by atoms with Gasteiger partial charge in [-0.3, -0.25) is 4.79 Å². The van der Waals surface area contributed by atoms with Crippen LogP contribution in [0, 0.1) is 0 Å². The molecule has 0 aliphatic rings. The number of aliphatic carboxylic acids is 1. The van der Waals surface area contributed by atoms with Crippen molar-refractivity contribution in [2.45, 2.75) is 161 Å². The van der Waals surface area contributed by atoms with Crippen molar-refractivity contribution >= 4 is 11.9 Å². The van der Waals surface area contributed by atoms with Crippen LogP contribution in [0.4, 0.5) is 0 Å². The Morgan fingerprint density at radius 2 is 1.03 bits per heavy atom. The molecule has 196 valence electrons. The Bertz CT molecular complexity index is 443. The Kier molecular flexibility index (Phi) is 24.7. The van der Waals surface area contributed by atoms with E-state index in [1.165, 1.54) is 109 Å². The predicted molar refractivity (Wildman–Crippen MR) is 140 cm³/mol. The Hall–Kier alpha value is -1.10. The number of hydrogen-bond donors (Lipinski definition) is 3. The topological polar surface area (TPSA) is 92.4 Å². The molecular weight excluding hydrogens is 412 g/mol. The summed E-state index contributed by atoms with van der Waals surface area (Å²) < 4.78 is 0. The van der Waals surface area contributed by atoms with Crippen molar-refractivity contribution < 1.29 is 14.7 Å². The first kappa shape index (κ1) is 31.9. The fourth-order valence-corrected chi connectivity index (χ4v) is 4.38. The molecule has 4 N–H and O–H groups in total. The van der Waals surface area contributed by atoms with Gasteiger partial charge in [-0.2, -0.15) is 0 Å². The minimum absolute atomic E-state index is 0.137. The summed E-state index contributed by atoms with van der Waals surface area (Å²) in [5, 5.41) is 11.9. The molecular formula is C28H56N2O3. The number of carboxylic acids is 1. The molecule has 0 aromatic carbocycles. The van der Waals surface area contributed by atoms with Crippen molar-refractivity contribution in [3.63, 3.8) is 0 Å². The maximum atomic E-state index is 12.0. The number of hydrogen-bond acceptors (Lipinski definition) is 3. The van der Waals surface area contributed by atoms with Crippen LogP contribution in [-0.2, 0) is 9.59 Å². The largest absolute Gasteiger partial charge is 0.480 e. The molecule has 33 heavy (non-hydrogen) atoms. The predicted octanol–water partition coefficient (Wildman–Crippen LogP) is 7.51. The van der Waals surface area contributed by atoms with Crippen LogP contribution in [0.1, 0.15) is 155 Å². The van der Waals surface area contributed by atoms with Crippen molar-refractivity contribution in [2.24, 2.45) is 5.73 Å². The average molecular weight is 469 g/mol. The third kappa shape index (κ3) is 23.8. The van der Waals surface area contributed by atoms with Gasteiger partial charge in [-0.15, -0.1) is 0 Å². The van der Waals surface area contributed by atoms with Gasteiger partial charge in [-0.05, 0) is 32.2 Å². The average Bonchev–Trinajstić information content (AvgIpc) is 2.80. The number of carbonyl (C=O) groups excluding carboxylic acids is 1. The summed E-state index contributed by atoms with van der Waals surface area (Å²) >= 11 is 0. The lowest BCUT2D eigenvalue weighted by atomic mass is 10.0. The Balaban J connectivity index is 3.34. The summed E-state index contributed by atoms with van der Waals surface area (Å²) in [6, 6.07) is -0.774. The highest BCUT2D eigenvalue weighted by Crippen LogP contribution is 2.15. The van der Waals surface area contributed by atoms with E-state index in [2.05, 4.69) is 12.2 Å². The van der Waals surface area contributed by atoms with Gasteiger partial charge in [-0.25, -0.2) is 4.79 Å². The van der Waals surface area contributed by atoms with Crippen LogP contribution < -0.4 is 11.1 Å². The minimum atomic E-state index is -0.950. The second kappa shape index (κ2) is 25.5. The fraction of sp³-hybridized carbons (Fsp3) is 0.929. The van der Waals surface area contributed by atoms with Gasteiger partial charge in [0.2, 0.25) is 5.91 Å². The van der Waals surface area contributed by atoms with E-state index in [9.17, 15) is 14.7 Å². The van der Waals surface area contributed by atoms with Crippen molar-refractivity contribution in [1.29, 1.82) is 0 Å². The zero-order valence-corrected chi connectivity index (χ0v) is 21.9. The van der Waals surface area contributed by atoms with Gasteiger partial charge in [0.25, 0.3) is 0 Å². The lowest BCUT2D eigenvalue weighted by Gasteiger charge is -2.14. The number of nitrogens with one attached hydrogen (secondary N) is 1. The molecule has 5 heteroatoms. The van der Waals surface area contributed by atoms with E-state index in [-0.39, 0.29) is 5.91 Å². The zero-order valence-electron chi connectivity index (χ0n) is 21.9. The van der Waals surface area contributed by atoms with Crippen LogP contribution in [0.2, 0.25) is 0 Å². The SMILES string of the molecule is CCCCCCCCCCCCCCCCCCCCCC(=O)NC(CCCCN)C(=O)O. The lowest BCUT2D eigenvalue weighted by molar-refractivity contribution is -0.142. The van der Waals surface area contributed by atoms with E-state index in [0.717, 1.165) is 25.7 Å². The minimum Gasteiger partial charge on any atom is -0.480 e. The molecule has 5 nitrogen and oxygen atoms in total. The van der Waals surface area contributed by atoms with Crippen LogP contribution in [0.15, 0.2) is 0 Å². The highest BCUT2D eigenvalue weighted by atomic mass is 16.4. The first-order valence-electron chi connectivity index (χ1n) is 14.3. The van der Waals surface area contributed by atoms with Crippen LogP contribution in [0.3, 0.4) is 0 Å². The summed E-state index contributed by atoms with van der Waals surface area (Å²) in [5.74, 6) is -1.09. The standard InChI is InChI=1S/C28H56N2O3/c1-2-3-4-5-6-7-8-9-10-11-12-13-14-15-16-17-18-19-20-24-27(31)30-26(28(32)33)23-21-22-25-29/h26H,2-25,29H2,1H3,(H,30,31)(H,32,33). The molecule has 0 rings (SSSR count). The summed E-state index contributed by atoms with van der Waals surface area (Å²) in [5.41, 5.74) is 5.44. The van der Waals surface area contributed by atoms with Gasteiger partial charge in [0, 0.05) is 6.42 Å². The molecule has 0 bridgehead atoms. The number of carboxylic acid groups (broad SMARTS) is 1. The highest BCUT2D eigenvalue weighted by Gasteiger charge is 2.18. The Labute approximate surface area is 205 Å². The normalized spacial score (nSPS) is 12.1. The molecule has 0 saturated heterocycles. The van der Waals surface area contributed by atoms with Crippen molar-refractivity contribution in [3.05, 3.63) is 0 Å². The summed E-state index contributed by atoms with van der Waals surface area (Å²) in [7, 11) is 0. The van der Waals surface area contributed by atoms with Crippen molar-refractivity contribution in [3.8, 4) is 0 Å². The van der Waals surface area contributed by atoms with Crippen molar-refractivity contribution in [2.75, 3.05) is 6.54 Å². The molecule has 0 aliphatic carbocycles. The van der Waals surface area contributed by atoms with Crippen LogP contribution in [0.25, 0.3) is 0 Å². The Morgan fingerprint density at radius 1 is 0.636 bits per heavy atom. The number of unbranched alkanes of at least 4 members (excludes halogenated alkanes) is 19. The molecule has 0 fully saturated rings. The molecule has 0 radical (unpaired) electrons. The van der Waals surface area contributed by atoms with E-state index in [1.54, 1.807) is 0 Å². The molecule has 1 unspecified atom stereocenters. The number of amides is 1. The molecule has 0 saturated carbocycles. The third-order valence-corrected chi connectivity index (χ3v) is 6.59. The summed E-state index contributed by atoms with van der Waals surface area (Å²) in [4.78, 5) is 23.2. The second-order valence-corrected chi connectivity index (χ2v) is 9.86. The van der Waals surface area contributed by atoms with Crippen LogP contribution >= 0.6 is 0 Å². The van der Waals surface area contributed by atoms with E-state index in [0.29, 0.717) is 19.4 Å². The number of rotatable bonds is 26. The molecule has 0 aromatic heterocycles. The second-order valence-electron chi connectivity index (χ2n) is 9.86. The van der Waals surface area contributed by atoms with Gasteiger partial charge >= 0.3 is 5.97 Å². The van der Waals surface area contributed by atoms with Gasteiger partial charge in [-0.1, -0.05) is 122 Å². The molecule has 0 aromatic rings. The molecule has 0 spiro atoms. The monoisotopic (exact) mass is 468 g/mol. The fourth-order valence-electron chi connectivity index (χ4n) is 4.38. The number of nitrogens with two attached hydrogens (primary N) is 1. The molecule has 1 amide bonds. The van der Waals surface area contributed by atoms with Gasteiger partial charge in [0.1, 0.15) is 6.04 Å². The van der Waals surface area contributed by atoms with E-state index in [1.807, 2.05) is 0 Å². The lowest BCUT2D eigenvalue weighted by Crippen LogP contribution is -2.40. The van der Waals surface area contributed by atoms with E-state index in [4.69, 9.17) is 5.73 Å². The quantitative estimate of drug-likeness (QED) is 0.115. The van der Waals surface area contributed by atoms with Crippen LogP contribution in [-0.4, -0.2) is 29.6 Å². The molecule has 0 heterocycles. The third-order valence-electron chi connectivity index (χ3n) is 6.59. The maximum Gasteiger partial charge on any atom is 0.326 e. The van der Waals surface area contributed by atoms with E-state index >= 15 is 0 Å². The molecule has 0 aliphatic heterocycles. The Morgan fingerprint density at radius 3 is 1.39 bits per heavy atom. The van der Waals surface area contributed by atoms with Crippen LogP contribution in [0.5, 0.6) is 0 Å². The van der Waals surface area contributed by atoms with Gasteiger partial charge in [0.15, 0.2) is 0 Å². The first-order valence-corrected chi connectivity index (χ1v) is 14.3. The van der Waals surface area contributed by atoms with Crippen molar-refractivity contribution in [1.82, 2.24) is 5.32 Å². The highest BCUT2D eigenvalue weighted by molar-refractivity contribution is 5.83. The smallest absolute Gasteiger partial charge is 0.326 e. The van der Waals surface area contributed by atoms with Gasteiger partial charge in [0.05, 0.1) is 0 Å².